The molecule has 0 radical (unpaired) electrons. The molecule has 0 unspecified atom stereocenters. The van der Waals surface area contributed by atoms with E-state index < -0.39 is 11.6 Å². The summed E-state index contributed by atoms with van der Waals surface area (Å²) in [5.41, 5.74) is -1.03. The molecular formula is C10H14O3. The number of hydrogen-bond donors (Lipinski definition) is 1. The van der Waals surface area contributed by atoms with Crippen LogP contribution in [-0.4, -0.2) is 23.3 Å². The summed E-state index contributed by atoms with van der Waals surface area (Å²) in [6, 6.07) is 0. The van der Waals surface area contributed by atoms with E-state index in [1.54, 1.807) is 20.8 Å². The Bertz CT molecular complexity index is 248. The lowest BCUT2D eigenvalue weighted by Crippen LogP contribution is -2.14. The van der Waals surface area contributed by atoms with E-state index in [2.05, 4.69) is 16.6 Å². The first kappa shape index (κ1) is 11.7. The van der Waals surface area contributed by atoms with Gasteiger partial charge in [-0.1, -0.05) is 11.8 Å². The molecule has 1 N–H and O–H groups in total. The predicted octanol–water partition coefficient (Wildman–Crippen LogP) is 0.880. The second kappa shape index (κ2) is 5.39. The molecule has 0 aromatic heterocycles. The maximum absolute atomic E-state index is 10.7. The first-order chi connectivity index (χ1) is 5.95. The molecule has 0 amide bonds. The van der Waals surface area contributed by atoms with Crippen molar-refractivity contribution in [2.75, 3.05) is 6.61 Å². The smallest absolute Gasteiger partial charge is 0.331 e. The minimum absolute atomic E-state index is 0.349. The molecule has 3 heteroatoms. The summed E-state index contributed by atoms with van der Waals surface area (Å²) in [6.45, 7) is 5.22. The second-order valence-corrected chi connectivity index (χ2v) is 2.91. The van der Waals surface area contributed by atoms with Crippen LogP contribution in [0.25, 0.3) is 0 Å². The minimum Gasteiger partial charge on any atom is -0.463 e. The van der Waals surface area contributed by atoms with Gasteiger partial charge in [0, 0.05) is 6.08 Å². The summed E-state index contributed by atoms with van der Waals surface area (Å²) < 4.78 is 4.62. The number of esters is 1. The highest BCUT2D eigenvalue weighted by Gasteiger charge is 2.04. The molecule has 0 spiro atoms. The number of hydrogen-bond acceptors (Lipinski definition) is 3. The molecule has 0 aromatic carbocycles. The Morgan fingerprint density at radius 3 is 2.69 bits per heavy atom. The summed E-state index contributed by atoms with van der Waals surface area (Å²) in [7, 11) is 0. The van der Waals surface area contributed by atoms with Gasteiger partial charge in [-0.05, 0) is 26.8 Å². The average Bonchev–Trinajstić information content (AvgIpc) is 1.97. The van der Waals surface area contributed by atoms with E-state index in [4.69, 9.17) is 5.11 Å². The SMILES string of the molecule is CCOC(=O)/C=C/C#CC(C)(C)O. The van der Waals surface area contributed by atoms with E-state index in [0.717, 1.165) is 0 Å². The minimum atomic E-state index is -1.03. The molecule has 0 saturated heterocycles. The van der Waals surface area contributed by atoms with Crippen LogP contribution >= 0.6 is 0 Å². The predicted molar refractivity (Wildman–Crippen MR) is 49.8 cm³/mol. The maximum Gasteiger partial charge on any atom is 0.331 e. The zero-order valence-corrected chi connectivity index (χ0v) is 8.13. The standard InChI is InChI=1S/C10H14O3/c1-4-13-9(11)7-5-6-8-10(2,3)12/h5,7,12H,4H2,1-3H3/b7-5+. The molecular weight excluding hydrogens is 168 g/mol. The Morgan fingerprint density at radius 1 is 1.62 bits per heavy atom. The lowest BCUT2D eigenvalue weighted by atomic mass is 10.1. The van der Waals surface area contributed by atoms with Gasteiger partial charge in [-0.15, -0.1) is 0 Å². The van der Waals surface area contributed by atoms with Crippen molar-refractivity contribution in [2.45, 2.75) is 26.4 Å². The van der Waals surface area contributed by atoms with Crippen molar-refractivity contribution in [3.05, 3.63) is 12.2 Å². The summed E-state index contributed by atoms with van der Waals surface area (Å²) >= 11 is 0. The maximum atomic E-state index is 10.7. The van der Waals surface area contributed by atoms with Gasteiger partial charge in [0.05, 0.1) is 6.61 Å². The molecule has 0 fully saturated rings. The first-order valence-electron chi connectivity index (χ1n) is 4.04. The largest absolute Gasteiger partial charge is 0.463 e. The van der Waals surface area contributed by atoms with Crippen molar-refractivity contribution in [3.63, 3.8) is 0 Å². The van der Waals surface area contributed by atoms with E-state index >= 15 is 0 Å². The van der Waals surface area contributed by atoms with Crippen LogP contribution in [0.3, 0.4) is 0 Å². The van der Waals surface area contributed by atoms with E-state index in [1.807, 2.05) is 0 Å². The van der Waals surface area contributed by atoms with Gasteiger partial charge >= 0.3 is 5.97 Å². The second-order valence-electron chi connectivity index (χ2n) is 2.91. The third kappa shape index (κ3) is 8.64. The fraction of sp³-hybridized carbons (Fsp3) is 0.500. The van der Waals surface area contributed by atoms with Crippen molar-refractivity contribution < 1.29 is 14.6 Å². The topological polar surface area (TPSA) is 46.5 Å². The number of aliphatic hydroxyl groups is 1. The van der Waals surface area contributed by atoms with Crippen LogP contribution in [0.1, 0.15) is 20.8 Å². The van der Waals surface area contributed by atoms with E-state index in [-0.39, 0.29) is 0 Å². The van der Waals surface area contributed by atoms with Crippen molar-refractivity contribution in [3.8, 4) is 11.8 Å². The molecule has 0 rings (SSSR count). The molecule has 0 bridgehead atoms. The quantitative estimate of drug-likeness (QED) is 0.392. The normalized spacial score (nSPS) is 10.8. The van der Waals surface area contributed by atoms with Crippen molar-refractivity contribution in [1.29, 1.82) is 0 Å². The number of rotatable bonds is 2. The Kier molecular flexibility index (Phi) is 4.86. The zero-order valence-electron chi connectivity index (χ0n) is 8.13. The lowest BCUT2D eigenvalue weighted by Gasteiger charge is -2.04. The highest BCUT2D eigenvalue weighted by molar-refractivity contribution is 5.82. The van der Waals surface area contributed by atoms with Gasteiger partial charge in [-0.3, -0.25) is 0 Å². The Morgan fingerprint density at radius 2 is 2.23 bits per heavy atom. The fourth-order valence-electron chi connectivity index (χ4n) is 0.518. The van der Waals surface area contributed by atoms with Crippen LogP contribution in [0.2, 0.25) is 0 Å². The third-order valence-corrected chi connectivity index (χ3v) is 0.967. The number of ether oxygens (including phenoxy) is 1. The van der Waals surface area contributed by atoms with Crippen LogP contribution in [0.15, 0.2) is 12.2 Å². The van der Waals surface area contributed by atoms with Crippen LogP contribution in [0, 0.1) is 11.8 Å². The van der Waals surface area contributed by atoms with Crippen LogP contribution in [0.4, 0.5) is 0 Å². The molecule has 0 aliphatic heterocycles. The first-order valence-corrected chi connectivity index (χ1v) is 4.04. The van der Waals surface area contributed by atoms with Gasteiger partial charge in [0.15, 0.2) is 0 Å². The number of allylic oxidation sites excluding steroid dienone is 1. The fourth-order valence-corrected chi connectivity index (χ4v) is 0.518. The Hall–Kier alpha value is -1.27. The molecule has 13 heavy (non-hydrogen) atoms. The highest BCUT2D eigenvalue weighted by atomic mass is 16.5. The van der Waals surface area contributed by atoms with Gasteiger partial charge in [-0.2, -0.15) is 0 Å². The molecule has 0 aromatic rings. The van der Waals surface area contributed by atoms with Gasteiger partial charge in [0.2, 0.25) is 0 Å². The van der Waals surface area contributed by atoms with Gasteiger partial charge in [0.1, 0.15) is 5.60 Å². The molecule has 0 heterocycles. The van der Waals surface area contributed by atoms with Crippen molar-refractivity contribution in [2.24, 2.45) is 0 Å². The van der Waals surface area contributed by atoms with E-state index in [0.29, 0.717) is 6.61 Å². The highest BCUT2D eigenvalue weighted by Crippen LogP contribution is 1.95. The van der Waals surface area contributed by atoms with Gasteiger partial charge in [-0.25, -0.2) is 4.79 Å². The van der Waals surface area contributed by atoms with E-state index in [1.165, 1.54) is 12.2 Å². The van der Waals surface area contributed by atoms with Crippen LogP contribution in [-0.2, 0) is 9.53 Å². The lowest BCUT2D eigenvalue weighted by molar-refractivity contribution is -0.137. The monoisotopic (exact) mass is 182 g/mol. The Labute approximate surface area is 78.4 Å². The number of carbonyl (C=O) groups is 1. The van der Waals surface area contributed by atoms with Gasteiger partial charge in [0.25, 0.3) is 0 Å². The van der Waals surface area contributed by atoms with Crippen molar-refractivity contribution in [1.82, 2.24) is 0 Å². The molecule has 0 atom stereocenters. The summed E-state index contributed by atoms with van der Waals surface area (Å²) in [5, 5.41) is 9.16. The van der Waals surface area contributed by atoms with E-state index in [9.17, 15) is 4.79 Å². The molecule has 72 valence electrons. The molecule has 0 saturated carbocycles. The summed E-state index contributed by atoms with van der Waals surface area (Å²) in [4.78, 5) is 10.7. The summed E-state index contributed by atoms with van der Waals surface area (Å²) in [6.07, 6.45) is 2.58. The zero-order chi connectivity index (χ0) is 10.3. The van der Waals surface area contributed by atoms with Crippen molar-refractivity contribution >= 4 is 5.97 Å². The van der Waals surface area contributed by atoms with Gasteiger partial charge < -0.3 is 9.84 Å². The average molecular weight is 182 g/mol. The Balaban J connectivity index is 3.99. The number of carbonyl (C=O) groups excluding carboxylic acids is 1. The molecule has 0 aliphatic rings. The molecule has 3 nitrogen and oxygen atoms in total. The third-order valence-electron chi connectivity index (χ3n) is 0.967. The van der Waals surface area contributed by atoms with Crippen LogP contribution < -0.4 is 0 Å². The summed E-state index contributed by atoms with van der Waals surface area (Å²) in [5.74, 6) is 4.64. The molecule has 0 aliphatic carbocycles. The van der Waals surface area contributed by atoms with Crippen LogP contribution in [0.5, 0.6) is 0 Å².